The fraction of sp³-hybridized carbons (Fsp3) is 0.421. The lowest BCUT2D eigenvalue weighted by atomic mass is 10.1. The predicted octanol–water partition coefficient (Wildman–Crippen LogP) is 2.29. The smallest absolute Gasteiger partial charge is 0.215 e. The molecule has 28 heavy (non-hydrogen) atoms. The second-order valence-corrected chi connectivity index (χ2v) is 8.35. The van der Waals surface area contributed by atoms with Crippen LogP contribution in [0.4, 0.5) is 0 Å². The molecule has 0 saturated carbocycles. The van der Waals surface area contributed by atoms with E-state index in [1.165, 1.54) is 12.7 Å². The largest absolute Gasteiger partial charge is 0.357 e. The molecule has 1 heterocycles. The van der Waals surface area contributed by atoms with Gasteiger partial charge in [0.1, 0.15) is 0 Å². The lowest BCUT2D eigenvalue weighted by Gasteiger charge is -2.22. The Balaban J connectivity index is 0.00000392. The Hall–Kier alpha value is -1.59. The molecule has 0 radical (unpaired) electrons. The molecule has 156 valence electrons. The number of rotatable bonds is 8. The zero-order valence-electron chi connectivity index (χ0n) is 16.8. The van der Waals surface area contributed by atoms with Crippen LogP contribution in [0.15, 0.2) is 47.6 Å². The minimum Gasteiger partial charge on any atom is -0.357 e. The summed E-state index contributed by atoms with van der Waals surface area (Å²) in [4.78, 5) is 6.79. The van der Waals surface area contributed by atoms with E-state index in [1.54, 1.807) is 0 Å². The minimum absolute atomic E-state index is 0. The minimum atomic E-state index is -3.28. The molecule has 1 aromatic heterocycles. The summed E-state index contributed by atoms with van der Waals surface area (Å²) >= 11 is 0. The van der Waals surface area contributed by atoms with Gasteiger partial charge >= 0.3 is 0 Å². The molecule has 9 heteroatoms. The molecule has 0 aliphatic rings. The molecule has 0 saturated heterocycles. The van der Waals surface area contributed by atoms with Gasteiger partial charge in [-0.1, -0.05) is 24.3 Å². The van der Waals surface area contributed by atoms with Crippen LogP contribution < -0.4 is 10.0 Å². The average molecular weight is 519 g/mol. The van der Waals surface area contributed by atoms with Gasteiger partial charge in [-0.2, -0.15) is 0 Å². The Morgan fingerprint density at radius 2 is 1.93 bits per heavy atom. The van der Waals surface area contributed by atoms with E-state index in [2.05, 4.69) is 25.6 Å². The number of benzene rings is 1. The van der Waals surface area contributed by atoms with Gasteiger partial charge in [-0.3, -0.25) is 0 Å². The number of guanidine groups is 1. The summed E-state index contributed by atoms with van der Waals surface area (Å²) in [6.45, 7) is 4.04. The maximum absolute atomic E-state index is 11.7. The van der Waals surface area contributed by atoms with Crippen molar-refractivity contribution in [2.75, 3.05) is 20.6 Å². The highest BCUT2D eigenvalue weighted by molar-refractivity contribution is 14.0. The molecule has 0 atom stereocenters. The third kappa shape index (κ3) is 7.44. The van der Waals surface area contributed by atoms with Crippen LogP contribution in [0.2, 0.25) is 0 Å². The molecule has 0 bridgehead atoms. The Labute approximate surface area is 185 Å². The number of aromatic nitrogens is 1. The first kappa shape index (κ1) is 24.4. The summed E-state index contributed by atoms with van der Waals surface area (Å²) in [6.07, 6.45) is 2.03. The number of hydrogen-bond acceptors (Lipinski definition) is 3. The van der Waals surface area contributed by atoms with E-state index >= 15 is 0 Å². The van der Waals surface area contributed by atoms with Gasteiger partial charge in [0.05, 0.1) is 18.8 Å². The van der Waals surface area contributed by atoms with Crippen LogP contribution in [-0.2, 0) is 35.9 Å². The van der Waals surface area contributed by atoms with Crippen molar-refractivity contribution in [3.8, 4) is 0 Å². The summed E-state index contributed by atoms with van der Waals surface area (Å²) in [7, 11) is 2.17. The van der Waals surface area contributed by atoms with Crippen LogP contribution in [-0.4, -0.2) is 44.5 Å². The molecular weight excluding hydrogens is 489 g/mol. The monoisotopic (exact) mass is 519 g/mol. The highest BCUT2D eigenvalue weighted by Crippen LogP contribution is 2.10. The summed E-state index contributed by atoms with van der Waals surface area (Å²) < 4.78 is 27.9. The molecule has 0 unspecified atom stereocenters. The van der Waals surface area contributed by atoms with Crippen molar-refractivity contribution < 1.29 is 8.42 Å². The molecule has 0 aliphatic carbocycles. The summed E-state index contributed by atoms with van der Waals surface area (Å²) in [5.74, 6) is 0.779. The number of nitrogens with one attached hydrogen (secondary N) is 2. The summed E-state index contributed by atoms with van der Waals surface area (Å²) in [6, 6.07) is 11.6. The molecule has 0 fully saturated rings. The van der Waals surface area contributed by atoms with Crippen molar-refractivity contribution in [3.63, 3.8) is 0 Å². The van der Waals surface area contributed by atoms with E-state index in [0.717, 1.165) is 30.2 Å². The third-order valence-corrected chi connectivity index (χ3v) is 5.55. The summed E-state index contributed by atoms with van der Waals surface area (Å²) in [5.41, 5.74) is 2.92. The van der Waals surface area contributed by atoms with Crippen LogP contribution in [0, 0.1) is 0 Å². The summed E-state index contributed by atoms with van der Waals surface area (Å²) in [5, 5.41) is 3.31. The predicted molar refractivity (Wildman–Crippen MR) is 125 cm³/mol. The molecular formula is C19H30IN5O2S. The maximum Gasteiger partial charge on any atom is 0.215 e. The van der Waals surface area contributed by atoms with Crippen molar-refractivity contribution in [3.05, 3.63) is 59.4 Å². The van der Waals surface area contributed by atoms with Gasteiger partial charge < -0.3 is 14.8 Å². The van der Waals surface area contributed by atoms with Gasteiger partial charge in [-0.25, -0.2) is 18.1 Å². The lowest BCUT2D eigenvalue weighted by molar-refractivity contribution is 0.462. The first-order valence-corrected chi connectivity index (χ1v) is 10.6. The SMILES string of the molecule is CCNC(=NCc1cccc(CS(=O)(=O)NC)c1)N(C)Cc1cccn1C.I. The first-order chi connectivity index (χ1) is 12.8. The number of hydrogen-bond donors (Lipinski definition) is 2. The Morgan fingerprint density at radius 3 is 2.54 bits per heavy atom. The van der Waals surface area contributed by atoms with E-state index in [0.29, 0.717) is 6.54 Å². The Kier molecular flexibility index (Phi) is 9.97. The molecule has 2 N–H and O–H groups in total. The van der Waals surface area contributed by atoms with E-state index in [4.69, 9.17) is 4.99 Å². The molecule has 1 aromatic carbocycles. The Bertz CT molecular complexity index is 880. The van der Waals surface area contributed by atoms with Gasteiger partial charge in [0.2, 0.25) is 10.0 Å². The third-order valence-electron chi connectivity index (χ3n) is 4.22. The van der Waals surface area contributed by atoms with Gasteiger partial charge in [0.15, 0.2) is 5.96 Å². The van der Waals surface area contributed by atoms with E-state index in [1.807, 2.05) is 57.5 Å². The number of sulfonamides is 1. The van der Waals surface area contributed by atoms with Gasteiger partial charge in [-0.15, -0.1) is 24.0 Å². The molecule has 2 rings (SSSR count). The van der Waals surface area contributed by atoms with Crippen LogP contribution >= 0.6 is 24.0 Å². The van der Waals surface area contributed by atoms with Crippen molar-refractivity contribution >= 4 is 40.0 Å². The molecule has 2 aromatic rings. The number of halogens is 1. The van der Waals surface area contributed by atoms with Crippen molar-refractivity contribution in [2.45, 2.75) is 25.8 Å². The lowest BCUT2D eigenvalue weighted by Crippen LogP contribution is -2.38. The fourth-order valence-electron chi connectivity index (χ4n) is 2.72. The van der Waals surface area contributed by atoms with Crippen molar-refractivity contribution in [1.29, 1.82) is 0 Å². The fourth-order valence-corrected chi connectivity index (χ4v) is 3.49. The number of nitrogens with zero attached hydrogens (tertiary/aromatic N) is 3. The highest BCUT2D eigenvalue weighted by atomic mass is 127. The van der Waals surface area contributed by atoms with Crippen LogP contribution in [0.3, 0.4) is 0 Å². The molecule has 0 spiro atoms. The van der Waals surface area contributed by atoms with Crippen molar-refractivity contribution in [1.82, 2.24) is 19.5 Å². The zero-order chi connectivity index (χ0) is 19.9. The van der Waals surface area contributed by atoms with Crippen LogP contribution in [0.1, 0.15) is 23.7 Å². The first-order valence-electron chi connectivity index (χ1n) is 8.93. The quantitative estimate of drug-likeness (QED) is 0.319. The van der Waals surface area contributed by atoms with Crippen LogP contribution in [0.25, 0.3) is 0 Å². The van der Waals surface area contributed by atoms with E-state index < -0.39 is 10.0 Å². The zero-order valence-corrected chi connectivity index (χ0v) is 20.0. The molecule has 0 amide bonds. The van der Waals surface area contributed by atoms with Gasteiger partial charge in [0.25, 0.3) is 0 Å². The Morgan fingerprint density at radius 1 is 1.21 bits per heavy atom. The van der Waals surface area contributed by atoms with Crippen LogP contribution in [0.5, 0.6) is 0 Å². The second-order valence-electron chi connectivity index (χ2n) is 6.42. The normalized spacial score (nSPS) is 11.8. The number of aliphatic imine (C=N–C) groups is 1. The standard InChI is InChI=1S/C19H29N5O2S.HI/c1-5-21-19(24(4)14-18-10-7-11-23(18)3)22-13-16-8-6-9-17(12-16)15-27(25,26)20-2;/h6-12,20H,5,13-15H2,1-4H3,(H,21,22);1H. The van der Waals surface area contributed by atoms with Gasteiger partial charge in [-0.05, 0) is 37.2 Å². The number of aryl methyl sites for hydroxylation is 1. The maximum atomic E-state index is 11.7. The molecule has 0 aliphatic heterocycles. The highest BCUT2D eigenvalue weighted by Gasteiger charge is 2.10. The van der Waals surface area contributed by atoms with E-state index in [9.17, 15) is 8.42 Å². The topological polar surface area (TPSA) is 78.7 Å². The van der Waals surface area contributed by atoms with Gasteiger partial charge in [0, 0.05) is 32.5 Å². The van der Waals surface area contributed by atoms with E-state index in [-0.39, 0.29) is 29.7 Å². The average Bonchev–Trinajstić information content (AvgIpc) is 3.03. The molecule has 7 nitrogen and oxygen atoms in total. The second kappa shape index (κ2) is 11.4. The van der Waals surface area contributed by atoms with Crippen molar-refractivity contribution in [2.24, 2.45) is 12.0 Å².